The van der Waals surface area contributed by atoms with Gasteiger partial charge in [0.05, 0.1) is 11.8 Å². The zero-order valence-electron chi connectivity index (χ0n) is 10.8. The van der Waals surface area contributed by atoms with E-state index < -0.39 is 5.82 Å². The first-order valence-electron chi connectivity index (χ1n) is 6.53. The number of nitrogens with zero attached hydrogens (tertiary/aromatic N) is 2. The van der Waals surface area contributed by atoms with E-state index in [2.05, 4.69) is 15.2 Å². The molecule has 2 rings (SSSR count). The Morgan fingerprint density at radius 3 is 2.89 bits per heavy atom. The number of hydrogen-bond acceptors (Lipinski definition) is 4. The minimum absolute atomic E-state index is 0.0550. The van der Waals surface area contributed by atoms with Crippen LogP contribution in [0.1, 0.15) is 23.2 Å². The first kappa shape index (κ1) is 13.9. The van der Waals surface area contributed by atoms with E-state index in [1.165, 1.54) is 12.3 Å². The van der Waals surface area contributed by atoms with E-state index in [4.69, 9.17) is 5.73 Å². The number of halogens is 1. The highest BCUT2D eigenvalue weighted by Gasteiger charge is 2.21. The SMILES string of the molecule is NCCN1CCC(NC(=O)c2ccncc2F)CC1. The number of aromatic nitrogens is 1. The summed E-state index contributed by atoms with van der Waals surface area (Å²) < 4.78 is 13.4. The van der Waals surface area contributed by atoms with Crippen LogP contribution in [0.25, 0.3) is 0 Å². The number of nitrogens with two attached hydrogens (primary N) is 1. The van der Waals surface area contributed by atoms with Crippen molar-refractivity contribution in [2.45, 2.75) is 18.9 Å². The highest BCUT2D eigenvalue weighted by atomic mass is 19.1. The number of amides is 1. The minimum Gasteiger partial charge on any atom is -0.349 e. The normalized spacial score (nSPS) is 17.4. The summed E-state index contributed by atoms with van der Waals surface area (Å²) in [6.07, 6.45) is 4.22. The summed E-state index contributed by atoms with van der Waals surface area (Å²) in [6, 6.07) is 1.50. The van der Waals surface area contributed by atoms with Gasteiger partial charge in [-0.15, -0.1) is 0 Å². The lowest BCUT2D eigenvalue weighted by molar-refractivity contribution is 0.0907. The van der Waals surface area contributed by atoms with Crippen molar-refractivity contribution in [3.63, 3.8) is 0 Å². The fourth-order valence-electron chi connectivity index (χ4n) is 2.31. The van der Waals surface area contributed by atoms with Crippen molar-refractivity contribution in [3.8, 4) is 0 Å². The molecule has 19 heavy (non-hydrogen) atoms. The predicted molar refractivity (Wildman–Crippen MR) is 70.2 cm³/mol. The van der Waals surface area contributed by atoms with E-state index in [0.29, 0.717) is 6.54 Å². The van der Waals surface area contributed by atoms with Gasteiger partial charge in [-0.3, -0.25) is 9.78 Å². The molecule has 0 radical (unpaired) electrons. The molecule has 1 aromatic rings. The van der Waals surface area contributed by atoms with Crippen LogP contribution in [0, 0.1) is 5.82 Å². The van der Waals surface area contributed by atoms with Crippen molar-refractivity contribution in [3.05, 3.63) is 29.8 Å². The Balaban J connectivity index is 1.86. The van der Waals surface area contributed by atoms with Gasteiger partial charge < -0.3 is 16.0 Å². The Kier molecular flexibility index (Phi) is 4.81. The molecular weight excluding hydrogens is 247 g/mol. The second-order valence-corrected chi connectivity index (χ2v) is 4.73. The standard InChI is InChI=1S/C13H19FN4O/c14-12-9-16-5-1-11(12)13(19)17-10-2-6-18(7-3-10)8-4-15/h1,5,9-10H,2-4,6-8,15H2,(H,17,19). The Labute approximate surface area is 112 Å². The first-order chi connectivity index (χ1) is 9.20. The van der Waals surface area contributed by atoms with Crippen LogP contribution < -0.4 is 11.1 Å². The largest absolute Gasteiger partial charge is 0.349 e. The molecule has 3 N–H and O–H groups in total. The molecule has 104 valence electrons. The van der Waals surface area contributed by atoms with E-state index >= 15 is 0 Å². The fourth-order valence-corrected chi connectivity index (χ4v) is 2.31. The number of piperidine rings is 1. The number of carbonyl (C=O) groups excluding carboxylic acids is 1. The number of hydrogen-bond donors (Lipinski definition) is 2. The van der Waals surface area contributed by atoms with E-state index in [0.717, 1.165) is 38.7 Å². The summed E-state index contributed by atoms with van der Waals surface area (Å²) in [5.74, 6) is -0.947. The summed E-state index contributed by atoms with van der Waals surface area (Å²) in [5, 5.41) is 2.87. The molecular formula is C13H19FN4O. The molecule has 6 heteroatoms. The van der Waals surface area contributed by atoms with Crippen LogP contribution >= 0.6 is 0 Å². The Hall–Kier alpha value is -1.53. The van der Waals surface area contributed by atoms with Crippen LogP contribution in [0.5, 0.6) is 0 Å². The molecule has 0 saturated carbocycles. The molecule has 1 fully saturated rings. The maximum absolute atomic E-state index is 13.4. The van der Waals surface area contributed by atoms with Crippen LogP contribution in [-0.4, -0.2) is 48.0 Å². The maximum Gasteiger partial charge on any atom is 0.254 e. The lowest BCUT2D eigenvalue weighted by Gasteiger charge is -2.32. The molecule has 0 spiro atoms. The third-order valence-electron chi connectivity index (χ3n) is 3.39. The number of rotatable bonds is 4. The van der Waals surface area contributed by atoms with E-state index in [1.807, 2.05) is 0 Å². The quantitative estimate of drug-likeness (QED) is 0.826. The topological polar surface area (TPSA) is 71.2 Å². The van der Waals surface area contributed by atoms with E-state index in [-0.39, 0.29) is 17.5 Å². The van der Waals surface area contributed by atoms with Gasteiger partial charge in [0.1, 0.15) is 0 Å². The van der Waals surface area contributed by atoms with Gasteiger partial charge in [-0.2, -0.15) is 0 Å². The lowest BCUT2D eigenvalue weighted by atomic mass is 10.0. The highest BCUT2D eigenvalue weighted by Crippen LogP contribution is 2.11. The molecule has 5 nitrogen and oxygen atoms in total. The van der Waals surface area contributed by atoms with Gasteiger partial charge in [0.15, 0.2) is 5.82 Å². The Morgan fingerprint density at radius 2 is 2.26 bits per heavy atom. The first-order valence-corrected chi connectivity index (χ1v) is 6.53. The van der Waals surface area contributed by atoms with Gasteiger partial charge in [-0.1, -0.05) is 0 Å². The number of nitrogens with one attached hydrogen (secondary N) is 1. The van der Waals surface area contributed by atoms with Crippen molar-refractivity contribution in [2.75, 3.05) is 26.2 Å². The number of likely N-dealkylation sites (tertiary alicyclic amines) is 1. The molecule has 2 heterocycles. The minimum atomic E-state index is -0.583. The lowest BCUT2D eigenvalue weighted by Crippen LogP contribution is -2.45. The summed E-state index contributed by atoms with van der Waals surface area (Å²) in [6.45, 7) is 3.38. The summed E-state index contributed by atoms with van der Waals surface area (Å²) in [7, 11) is 0. The van der Waals surface area contributed by atoms with Crippen molar-refractivity contribution in [2.24, 2.45) is 5.73 Å². The van der Waals surface area contributed by atoms with Crippen LogP contribution in [0.2, 0.25) is 0 Å². The van der Waals surface area contributed by atoms with Gasteiger partial charge in [0.2, 0.25) is 0 Å². The van der Waals surface area contributed by atoms with Gasteiger partial charge in [-0.25, -0.2) is 4.39 Å². The third-order valence-corrected chi connectivity index (χ3v) is 3.39. The van der Waals surface area contributed by atoms with Crippen LogP contribution in [0.4, 0.5) is 4.39 Å². The van der Waals surface area contributed by atoms with Crippen molar-refractivity contribution < 1.29 is 9.18 Å². The molecule has 1 aliphatic heterocycles. The summed E-state index contributed by atoms with van der Waals surface area (Å²) >= 11 is 0. The van der Waals surface area contributed by atoms with E-state index in [9.17, 15) is 9.18 Å². The van der Waals surface area contributed by atoms with Crippen molar-refractivity contribution >= 4 is 5.91 Å². The van der Waals surface area contributed by atoms with Gasteiger partial charge in [0, 0.05) is 38.4 Å². The molecule has 0 unspecified atom stereocenters. The highest BCUT2D eigenvalue weighted by molar-refractivity contribution is 5.94. The zero-order chi connectivity index (χ0) is 13.7. The van der Waals surface area contributed by atoms with Crippen molar-refractivity contribution in [1.82, 2.24) is 15.2 Å². The van der Waals surface area contributed by atoms with E-state index in [1.54, 1.807) is 0 Å². The Bertz CT molecular complexity index is 432. The molecule has 0 bridgehead atoms. The average Bonchev–Trinajstić information content (AvgIpc) is 2.42. The summed E-state index contributed by atoms with van der Waals surface area (Å²) in [4.78, 5) is 17.8. The average molecular weight is 266 g/mol. The third kappa shape index (κ3) is 3.71. The molecule has 0 aliphatic carbocycles. The van der Waals surface area contributed by atoms with Crippen LogP contribution in [0.3, 0.4) is 0 Å². The second kappa shape index (κ2) is 6.58. The van der Waals surface area contributed by atoms with Crippen LogP contribution in [0.15, 0.2) is 18.5 Å². The Morgan fingerprint density at radius 1 is 1.53 bits per heavy atom. The molecule has 0 aromatic carbocycles. The number of carbonyl (C=O) groups is 1. The maximum atomic E-state index is 13.4. The molecule has 1 aliphatic rings. The fraction of sp³-hybridized carbons (Fsp3) is 0.538. The van der Waals surface area contributed by atoms with Gasteiger partial charge >= 0.3 is 0 Å². The molecule has 1 aromatic heterocycles. The zero-order valence-corrected chi connectivity index (χ0v) is 10.8. The van der Waals surface area contributed by atoms with Gasteiger partial charge in [-0.05, 0) is 18.9 Å². The van der Waals surface area contributed by atoms with Gasteiger partial charge in [0.25, 0.3) is 5.91 Å². The molecule has 1 amide bonds. The second-order valence-electron chi connectivity index (χ2n) is 4.73. The molecule has 0 atom stereocenters. The van der Waals surface area contributed by atoms with Crippen molar-refractivity contribution in [1.29, 1.82) is 0 Å². The monoisotopic (exact) mass is 266 g/mol. The molecule has 1 saturated heterocycles. The smallest absolute Gasteiger partial charge is 0.254 e. The summed E-state index contributed by atoms with van der Waals surface area (Å²) in [5.41, 5.74) is 5.56. The predicted octanol–water partition coefficient (Wildman–Crippen LogP) is 0.374. The van der Waals surface area contributed by atoms with Crippen LogP contribution in [-0.2, 0) is 0 Å². The number of pyridine rings is 1.